The number of benzene rings is 1. The first-order chi connectivity index (χ1) is 12.9. The lowest BCUT2D eigenvalue weighted by Crippen LogP contribution is -2.37. The summed E-state index contributed by atoms with van der Waals surface area (Å²) in [5.41, 5.74) is 2.77. The average Bonchev–Trinajstić information content (AvgIpc) is 3.08. The molecule has 1 aromatic carbocycles. The zero-order valence-electron chi connectivity index (χ0n) is 16.0. The van der Waals surface area contributed by atoms with Crippen molar-refractivity contribution in [3.05, 3.63) is 29.3 Å². The van der Waals surface area contributed by atoms with Crippen LogP contribution in [-0.2, 0) is 9.59 Å². The molecule has 0 saturated carbocycles. The van der Waals surface area contributed by atoms with Gasteiger partial charge in [0.25, 0.3) is 0 Å². The molecule has 0 spiro atoms. The number of carbonyl (C=O) groups excluding carboxylic acids is 2. The number of anilines is 2. The third kappa shape index (κ3) is 6.51. The zero-order chi connectivity index (χ0) is 19.8. The monoisotopic (exact) mass is 407 g/mol. The molecule has 1 unspecified atom stereocenters. The van der Waals surface area contributed by atoms with Gasteiger partial charge in [0.1, 0.15) is 0 Å². The SMILES string of the molecule is CCCNc1nnc(SC(C)C(=O)NCC(=O)Nc2c(C)cccc2C)s1. The Labute approximate surface area is 167 Å². The minimum Gasteiger partial charge on any atom is -0.360 e. The highest BCUT2D eigenvalue weighted by molar-refractivity contribution is 8.02. The second-order valence-corrected chi connectivity index (χ2v) is 8.66. The third-order valence-corrected chi connectivity index (χ3v) is 5.81. The number of para-hydroxylation sites is 1. The maximum absolute atomic E-state index is 12.2. The minimum atomic E-state index is -0.370. The molecule has 2 aromatic rings. The van der Waals surface area contributed by atoms with Gasteiger partial charge in [0.05, 0.1) is 11.8 Å². The summed E-state index contributed by atoms with van der Waals surface area (Å²) in [4.78, 5) is 24.4. The van der Waals surface area contributed by atoms with E-state index in [0.717, 1.165) is 39.3 Å². The average molecular weight is 408 g/mol. The molecule has 9 heteroatoms. The largest absolute Gasteiger partial charge is 0.360 e. The zero-order valence-corrected chi connectivity index (χ0v) is 17.6. The van der Waals surface area contributed by atoms with Crippen molar-refractivity contribution in [3.63, 3.8) is 0 Å². The van der Waals surface area contributed by atoms with Gasteiger partial charge in [-0.2, -0.15) is 0 Å². The quantitative estimate of drug-likeness (QED) is 0.553. The highest BCUT2D eigenvalue weighted by Gasteiger charge is 2.18. The number of nitrogens with zero attached hydrogens (tertiary/aromatic N) is 2. The Kier molecular flexibility index (Phi) is 8.05. The van der Waals surface area contributed by atoms with Crippen molar-refractivity contribution in [2.45, 2.75) is 43.7 Å². The molecule has 1 atom stereocenters. The van der Waals surface area contributed by atoms with Crippen LogP contribution >= 0.6 is 23.1 Å². The molecule has 0 aliphatic carbocycles. The van der Waals surface area contributed by atoms with Gasteiger partial charge in [-0.3, -0.25) is 9.59 Å². The molecule has 0 radical (unpaired) electrons. The lowest BCUT2D eigenvalue weighted by atomic mass is 10.1. The predicted octanol–water partition coefficient (Wildman–Crippen LogP) is 3.21. The van der Waals surface area contributed by atoms with Gasteiger partial charge in [-0.15, -0.1) is 10.2 Å². The highest BCUT2D eigenvalue weighted by atomic mass is 32.2. The second-order valence-electron chi connectivity index (χ2n) is 6.09. The highest BCUT2D eigenvalue weighted by Crippen LogP contribution is 2.28. The van der Waals surface area contributed by atoms with Crippen molar-refractivity contribution in [1.82, 2.24) is 15.5 Å². The van der Waals surface area contributed by atoms with E-state index in [2.05, 4.69) is 33.1 Å². The number of aryl methyl sites for hydroxylation is 2. The molecule has 0 bridgehead atoms. The summed E-state index contributed by atoms with van der Waals surface area (Å²) in [6.07, 6.45) is 1.00. The Morgan fingerprint density at radius 3 is 2.59 bits per heavy atom. The van der Waals surface area contributed by atoms with E-state index in [9.17, 15) is 9.59 Å². The fourth-order valence-electron chi connectivity index (χ4n) is 2.27. The summed E-state index contributed by atoms with van der Waals surface area (Å²) in [7, 11) is 0. The Morgan fingerprint density at radius 2 is 1.93 bits per heavy atom. The van der Waals surface area contributed by atoms with Crippen LogP contribution in [-0.4, -0.2) is 40.4 Å². The molecule has 2 rings (SSSR count). The predicted molar refractivity (Wildman–Crippen MR) is 112 cm³/mol. The van der Waals surface area contributed by atoms with Gasteiger partial charge in [0, 0.05) is 12.2 Å². The van der Waals surface area contributed by atoms with Crippen molar-refractivity contribution >= 4 is 45.7 Å². The number of carbonyl (C=O) groups is 2. The number of nitrogens with one attached hydrogen (secondary N) is 3. The van der Waals surface area contributed by atoms with Crippen LogP contribution in [0.4, 0.5) is 10.8 Å². The molecule has 1 aromatic heterocycles. The maximum atomic E-state index is 12.2. The lowest BCUT2D eigenvalue weighted by Gasteiger charge is -2.13. The van der Waals surface area contributed by atoms with E-state index in [4.69, 9.17) is 0 Å². The first-order valence-electron chi connectivity index (χ1n) is 8.78. The van der Waals surface area contributed by atoms with Crippen LogP contribution in [0, 0.1) is 13.8 Å². The number of hydrogen-bond donors (Lipinski definition) is 3. The van der Waals surface area contributed by atoms with Gasteiger partial charge in [-0.05, 0) is 38.3 Å². The summed E-state index contributed by atoms with van der Waals surface area (Å²) in [6, 6.07) is 5.81. The molecule has 27 heavy (non-hydrogen) atoms. The fourth-order valence-corrected chi connectivity index (χ4v) is 4.22. The summed E-state index contributed by atoms with van der Waals surface area (Å²) >= 11 is 2.75. The molecule has 1 heterocycles. The van der Waals surface area contributed by atoms with Crippen molar-refractivity contribution in [3.8, 4) is 0 Å². The molecule has 3 N–H and O–H groups in total. The van der Waals surface area contributed by atoms with Crippen molar-refractivity contribution in [2.75, 3.05) is 23.7 Å². The van der Waals surface area contributed by atoms with E-state index in [0.29, 0.717) is 0 Å². The van der Waals surface area contributed by atoms with Gasteiger partial charge in [0.15, 0.2) is 4.34 Å². The van der Waals surface area contributed by atoms with Gasteiger partial charge in [-0.1, -0.05) is 48.2 Å². The number of rotatable bonds is 9. The maximum Gasteiger partial charge on any atom is 0.243 e. The Hall–Kier alpha value is -2.13. The molecular formula is C18H25N5O2S2. The fraction of sp³-hybridized carbons (Fsp3) is 0.444. The van der Waals surface area contributed by atoms with Crippen LogP contribution in [0.2, 0.25) is 0 Å². The number of thioether (sulfide) groups is 1. The van der Waals surface area contributed by atoms with E-state index in [-0.39, 0.29) is 23.6 Å². The van der Waals surface area contributed by atoms with Crippen molar-refractivity contribution < 1.29 is 9.59 Å². The van der Waals surface area contributed by atoms with Crippen LogP contribution in [0.5, 0.6) is 0 Å². The summed E-state index contributed by atoms with van der Waals surface area (Å²) in [6.45, 7) is 8.50. The minimum absolute atomic E-state index is 0.0725. The first kappa shape index (κ1) is 21.2. The van der Waals surface area contributed by atoms with E-state index < -0.39 is 0 Å². The lowest BCUT2D eigenvalue weighted by molar-refractivity contribution is -0.123. The Morgan fingerprint density at radius 1 is 1.22 bits per heavy atom. The topological polar surface area (TPSA) is 96.0 Å². The smallest absolute Gasteiger partial charge is 0.243 e. The molecule has 146 valence electrons. The molecular weight excluding hydrogens is 382 g/mol. The van der Waals surface area contributed by atoms with Crippen LogP contribution in [0.1, 0.15) is 31.4 Å². The van der Waals surface area contributed by atoms with E-state index in [1.807, 2.05) is 32.0 Å². The van der Waals surface area contributed by atoms with Gasteiger partial charge in [-0.25, -0.2) is 0 Å². The third-order valence-electron chi connectivity index (χ3n) is 3.75. The molecule has 0 fully saturated rings. The van der Waals surface area contributed by atoms with E-state index in [1.165, 1.54) is 23.1 Å². The Balaban J connectivity index is 1.80. The number of aromatic nitrogens is 2. The van der Waals surface area contributed by atoms with E-state index in [1.54, 1.807) is 6.92 Å². The summed E-state index contributed by atoms with van der Waals surface area (Å²) in [5.74, 6) is -0.463. The molecule has 0 aliphatic heterocycles. The summed E-state index contributed by atoms with van der Waals surface area (Å²) in [5, 5.41) is 17.2. The first-order valence-corrected chi connectivity index (χ1v) is 10.5. The standard InChI is InChI=1S/C18H25N5O2S2/c1-5-9-19-17-22-23-18(27-17)26-13(4)16(25)20-10-14(24)21-15-11(2)7-6-8-12(15)3/h6-8,13H,5,9-10H2,1-4H3,(H,19,22)(H,20,25)(H,21,24). The number of amides is 2. The molecule has 2 amide bonds. The second kappa shape index (κ2) is 10.3. The van der Waals surface area contributed by atoms with Crippen LogP contribution < -0.4 is 16.0 Å². The van der Waals surface area contributed by atoms with Crippen molar-refractivity contribution in [2.24, 2.45) is 0 Å². The van der Waals surface area contributed by atoms with Gasteiger partial charge >= 0.3 is 0 Å². The van der Waals surface area contributed by atoms with Crippen LogP contribution in [0.15, 0.2) is 22.5 Å². The van der Waals surface area contributed by atoms with E-state index >= 15 is 0 Å². The van der Waals surface area contributed by atoms with Gasteiger partial charge < -0.3 is 16.0 Å². The van der Waals surface area contributed by atoms with Crippen LogP contribution in [0.25, 0.3) is 0 Å². The summed E-state index contributed by atoms with van der Waals surface area (Å²) < 4.78 is 0.719. The van der Waals surface area contributed by atoms with Gasteiger partial charge in [0.2, 0.25) is 16.9 Å². The van der Waals surface area contributed by atoms with Crippen LogP contribution in [0.3, 0.4) is 0 Å². The molecule has 0 aliphatic rings. The Bertz CT molecular complexity index is 774. The number of hydrogen-bond acceptors (Lipinski definition) is 7. The molecule has 0 saturated heterocycles. The molecule has 7 nitrogen and oxygen atoms in total. The normalized spacial score (nSPS) is 11.7. The van der Waals surface area contributed by atoms with Crippen molar-refractivity contribution in [1.29, 1.82) is 0 Å².